The molecule has 2 rings (SSSR count). The lowest BCUT2D eigenvalue weighted by Gasteiger charge is -2.31. The van der Waals surface area contributed by atoms with E-state index in [1.165, 1.54) is 0 Å². The Morgan fingerprint density at radius 1 is 0.929 bits per heavy atom. The number of rotatable bonds is 6. The molecule has 28 heavy (non-hydrogen) atoms. The van der Waals surface area contributed by atoms with Crippen molar-refractivity contribution in [2.45, 2.75) is 84.5 Å². The number of hydroxylamine groups is 1. The zero-order chi connectivity index (χ0) is 20.2. The van der Waals surface area contributed by atoms with E-state index in [-0.39, 0.29) is 17.5 Å². The predicted octanol–water partition coefficient (Wildman–Crippen LogP) is 5.60. The summed E-state index contributed by atoms with van der Waals surface area (Å²) in [5.74, 6) is 0.623. The van der Waals surface area contributed by atoms with Crippen molar-refractivity contribution in [1.82, 2.24) is 5.48 Å². The molecule has 0 saturated heterocycles. The monoisotopic (exact) mass is 387 g/mol. The molecule has 0 aromatic heterocycles. The number of ketones is 2. The van der Waals surface area contributed by atoms with Crippen molar-refractivity contribution in [3.63, 3.8) is 0 Å². The molecule has 1 saturated carbocycles. The summed E-state index contributed by atoms with van der Waals surface area (Å²) in [7, 11) is 0. The summed E-state index contributed by atoms with van der Waals surface area (Å²) in [6.45, 7) is 4.42. The van der Waals surface area contributed by atoms with Gasteiger partial charge in [0.05, 0.1) is 17.9 Å². The molecule has 1 fully saturated rings. The van der Waals surface area contributed by atoms with Crippen LogP contribution >= 0.6 is 0 Å². The Balaban J connectivity index is 2.09. The van der Waals surface area contributed by atoms with Gasteiger partial charge in [0.25, 0.3) is 0 Å². The summed E-state index contributed by atoms with van der Waals surface area (Å²) < 4.78 is 0. The zero-order valence-corrected chi connectivity index (χ0v) is 17.7. The first-order valence-corrected chi connectivity index (χ1v) is 11.1. The maximum atomic E-state index is 12.9. The molecule has 1 unspecified atom stereocenters. The Kier molecular flexibility index (Phi) is 10.3. The quantitative estimate of drug-likeness (QED) is 0.279. The molecule has 4 nitrogen and oxygen atoms in total. The number of nitrogens with one attached hydrogen (secondary N) is 1. The van der Waals surface area contributed by atoms with Gasteiger partial charge in [-0.15, -0.1) is 0 Å². The molecule has 0 aromatic rings. The zero-order valence-electron chi connectivity index (χ0n) is 17.7. The van der Waals surface area contributed by atoms with E-state index < -0.39 is 0 Å². The first-order valence-electron chi connectivity index (χ1n) is 11.1. The van der Waals surface area contributed by atoms with E-state index in [1.807, 2.05) is 13.8 Å². The summed E-state index contributed by atoms with van der Waals surface area (Å²) in [5, 5.41) is 0. The molecule has 4 heteroatoms. The minimum Gasteiger partial charge on any atom is -0.294 e. The molecular formula is C24H37NO3. The van der Waals surface area contributed by atoms with Crippen LogP contribution in [-0.2, 0) is 14.4 Å². The van der Waals surface area contributed by atoms with Crippen molar-refractivity contribution in [2.75, 3.05) is 6.61 Å². The third-order valence-electron chi connectivity index (χ3n) is 5.74. The molecule has 0 radical (unpaired) electrons. The van der Waals surface area contributed by atoms with Crippen molar-refractivity contribution in [3.8, 4) is 0 Å². The lowest BCUT2D eigenvalue weighted by molar-refractivity contribution is -0.126. The standard InChI is InChI=1S/C24H37NO3/c1-3-14-21(25-28-4-2)24-22(26)17-20(18-23(24)27)19-15-12-10-8-6-5-7-9-11-13-16-19/h6,8-9,11,19-20,25H,3-5,7,10,12-18H2,1-2H3. The topological polar surface area (TPSA) is 55.4 Å². The van der Waals surface area contributed by atoms with E-state index in [0.29, 0.717) is 43.1 Å². The lowest BCUT2D eigenvalue weighted by Crippen LogP contribution is -2.33. The number of allylic oxidation sites excluding steroid dienone is 6. The Labute approximate surface area is 170 Å². The molecule has 0 aromatic carbocycles. The highest BCUT2D eigenvalue weighted by Crippen LogP contribution is 2.35. The van der Waals surface area contributed by atoms with Crippen LogP contribution in [0.1, 0.15) is 84.5 Å². The molecule has 0 spiro atoms. The molecule has 0 bridgehead atoms. The smallest absolute Gasteiger partial charge is 0.168 e. The van der Waals surface area contributed by atoms with Crippen molar-refractivity contribution in [2.24, 2.45) is 11.8 Å². The minimum absolute atomic E-state index is 0.00143. The average Bonchev–Trinajstić information content (AvgIpc) is 2.66. The highest BCUT2D eigenvalue weighted by atomic mass is 16.6. The van der Waals surface area contributed by atoms with E-state index >= 15 is 0 Å². The van der Waals surface area contributed by atoms with Crippen LogP contribution in [-0.4, -0.2) is 18.2 Å². The number of hydrogen-bond donors (Lipinski definition) is 1. The molecule has 0 heterocycles. The molecule has 2 aliphatic rings. The van der Waals surface area contributed by atoms with Gasteiger partial charge in [0.15, 0.2) is 11.6 Å². The first kappa shape index (κ1) is 22.6. The Morgan fingerprint density at radius 3 is 2.21 bits per heavy atom. The van der Waals surface area contributed by atoms with Gasteiger partial charge in [0, 0.05) is 12.8 Å². The fourth-order valence-electron chi connectivity index (χ4n) is 4.30. The highest BCUT2D eigenvalue weighted by molar-refractivity contribution is 6.22. The molecule has 1 N–H and O–H groups in total. The third-order valence-corrected chi connectivity index (χ3v) is 5.74. The molecular weight excluding hydrogens is 350 g/mol. The second kappa shape index (κ2) is 12.7. The molecule has 2 aliphatic carbocycles. The van der Waals surface area contributed by atoms with Gasteiger partial charge in [0.1, 0.15) is 0 Å². The van der Waals surface area contributed by atoms with E-state index in [1.54, 1.807) is 0 Å². The van der Waals surface area contributed by atoms with Gasteiger partial charge in [-0.2, -0.15) is 0 Å². The molecule has 156 valence electrons. The summed E-state index contributed by atoms with van der Waals surface area (Å²) in [4.78, 5) is 31.1. The van der Waals surface area contributed by atoms with E-state index in [0.717, 1.165) is 51.4 Å². The van der Waals surface area contributed by atoms with Crippen molar-refractivity contribution in [3.05, 3.63) is 35.6 Å². The number of hydrogen-bond acceptors (Lipinski definition) is 4. The van der Waals surface area contributed by atoms with Gasteiger partial charge >= 0.3 is 0 Å². The van der Waals surface area contributed by atoms with Crippen LogP contribution in [0, 0.1) is 11.8 Å². The maximum Gasteiger partial charge on any atom is 0.168 e. The number of carbonyl (C=O) groups is 2. The van der Waals surface area contributed by atoms with Crippen LogP contribution in [0.15, 0.2) is 35.6 Å². The summed E-state index contributed by atoms with van der Waals surface area (Å²) >= 11 is 0. The Bertz CT molecular complexity index is 583. The van der Waals surface area contributed by atoms with Gasteiger partial charge in [-0.05, 0) is 70.1 Å². The highest BCUT2D eigenvalue weighted by Gasteiger charge is 2.36. The van der Waals surface area contributed by atoms with Crippen LogP contribution in [0.25, 0.3) is 0 Å². The minimum atomic E-state index is -0.00143. The van der Waals surface area contributed by atoms with Crippen LogP contribution in [0.5, 0.6) is 0 Å². The number of carbonyl (C=O) groups excluding carboxylic acids is 2. The van der Waals surface area contributed by atoms with Gasteiger partial charge in [-0.1, -0.05) is 37.6 Å². The van der Waals surface area contributed by atoms with Gasteiger partial charge in [-0.25, -0.2) is 0 Å². The molecule has 0 aliphatic heterocycles. The first-order chi connectivity index (χ1) is 13.7. The van der Waals surface area contributed by atoms with Crippen molar-refractivity contribution < 1.29 is 14.4 Å². The normalized spacial score (nSPS) is 24.6. The van der Waals surface area contributed by atoms with E-state index in [4.69, 9.17) is 4.84 Å². The van der Waals surface area contributed by atoms with E-state index in [9.17, 15) is 9.59 Å². The average molecular weight is 388 g/mol. The van der Waals surface area contributed by atoms with Crippen LogP contribution in [0.3, 0.4) is 0 Å². The summed E-state index contributed by atoms with van der Waals surface area (Å²) in [5.41, 5.74) is 3.90. The van der Waals surface area contributed by atoms with Gasteiger partial charge in [-0.3, -0.25) is 19.9 Å². The third kappa shape index (κ3) is 7.05. The molecule has 0 amide bonds. The lowest BCUT2D eigenvalue weighted by atomic mass is 9.73. The van der Waals surface area contributed by atoms with E-state index in [2.05, 4.69) is 29.8 Å². The largest absolute Gasteiger partial charge is 0.294 e. The fraction of sp³-hybridized carbons (Fsp3) is 0.667. The van der Waals surface area contributed by atoms with Gasteiger partial charge in [0.2, 0.25) is 0 Å². The molecule has 1 atom stereocenters. The van der Waals surface area contributed by atoms with Crippen molar-refractivity contribution >= 4 is 11.6 Å². The van der Waals surface area contributed by atoms with Crippen LogP contribution < -0.4 is 5.48 Å². The maximum absolute atomic E-state index is 12.9. The Morgan fingerprint density at radius 2 is 1.57 bits per heavy atom. The number of Topliss-reactive ketones (excluding diaryl/α,β-unsaturated/α-hetero) is 2. The van der Waals surface area contributed by atoms with Crippen LogP contribution in [0.4, 0.5) is 0 Å². The second-order valence-electron chi connectivity index (χ2n) is 7.94. The SMILES string of the molecule is CCCC(NOCC)=C1C(=O)CC(C2CCC=CCCC=CCCC2)CC1=O. The predicted molar refractivity (Wildman–Crippen MR) is 114 cm³/mol. The summed E-state index contributed by atoms with van der Waals surface area (Å²) in [6, 6.07) is 0. The van der Waals surface area contributed by atoms with Crippen molar-refractivity contribution in [1.29, 1.82) is 0 Å². The van der Waals surface area contributed by atoms with Crippen LogP contribution in [0.2, 0.25) is 0 Å². The Hall–Kier alpha value is -1.68. The van der Waals surface area contributed by atoms with Gasteiger partial charge < -0.3 is 0 Å². The second-order valence-corrected chi connectivity index (χ2v) is 7.94. The summed E-state index contributed by atoms with van der Waals surface area (Å²) in [6.07, 6.45) is 19.3. The fourth-order valence-corrected chi connectivity index (χ4v) is 4.30.